The number of aryl methyl sites for hydroxylation is 1. The van der Waals surface area contributed by atoms with Crippen molar-refractivity contribution in [2.45, 2.75) is 11.5 Å². The van der Waals surface area contributed by atoms with Crippen molar-refractivity contribution in [1.82, 2.24) is 19.1 Å². The van der Waals surface area contributed by atoms with Crippen molar-refractivity contribution >= 4 is 43.3 Å². The van der Waals surface area contributed by atoms with E-state index in [0.717, 1.165) is 14.9 Å². The van der Waals surface area contributed by atoms with Crippen LogP contribution >= 0.6 is 27.3 Å². The number of sulfonamides is 1. The number of benzene rings is 1. The minimum Gasteiger partial charge on any atom is -0.456 e. The molecule has 0 spiro atoms. The summed E-state index contributed by atoms with van der Waals surface area (Å²) in [6.45, 7) is -0.0125. The van der Waals surface area contributed by atoms with Gasteiger partial charge in [-0.1, -0.05) is 0 Å². The standard InChI is InChI=1S/C17H17BrN4O4S2/c1-21(2)28(24,25)15-6-11(4-5-14(15)18)17(23)26-9-13-10-27-16(20-13)12-7-19-22(3)8-12/h4-8,10H,9H2,1-3H3. The van der Waals surface area contributed by atoms with E-state index in [0.29, 0.717) is 10.2 Å². The van der Waals surface area contributed by atoms with E-state index in [9.17, 15) is 13.2 Å². The molecule has 0 saturated carbocycles. The van der Waals surface area contributed by atoms with E-state index in [2.05, 4.69) is 26.0 Å². The molecule has 2 aromatic heterocycles. The number of aromatic nitrogens is 3. The van der Waals surface area contributed by atoms with Crippen molar-refractivity contribution in [2.24, 2.45) is 7.05 Å². The van der Waals surface area contributed by atoms with Crippen LogP contribution in [0.15, 0.2) is 45.3 Å². The summed E-state index contributed by atoms with van der Waals surface area (Å²) in [6.07, 6.45) is 3.56. The molecule has 0 aliphatic heterocycles. The van der Waals surface area contributed by atoms with Gasteiger partial charge in [0, 0.05) is 42.8 Å². The number of ether oxygens (including phenoxy) is 1. The number of nitrogens with zero attached hydrogens (tertiary/aromatic N) is 4. The van der Waals surface area contributed by atoms with Crippen molar-refractivity contribution in [1.29, 1.82) is 0 Å². The molecule has 0 radical (unpaired) electrons. The molecule has 0 N–H and O–H groups in total. The highest BCUT2D eigenvalue weighted by atomic mass is 79.9. The minimum absolute atomic E-state index is 0.000489. The van der Waals surface area contributed by atoms with Gasteiger partial charge in [0.25, 0.3) is 0 Å². The van der Waals surface area contributed by atoms with E-state index in [1.165, 1.54) is 43.6 Å². The first-order chi connectivity index (χ1) is 13.2. The quantitative estimate of drug-likeness (QED) is 0.499. The molecule has 0 aliphatic carbocycles. The zero-order valence-corrected chi connectivity index (χ0v) is 18.5. The van der Waals surface area contributed by atoms with Crippen LogP contribution in [0.5, 0.6) is 0 Å². The summed E-state index contributed by atoms with van der Waals surface area (Å²) in [7, 11) is 0.977. The Balaban J connectivity index is 1.73. The lowest BCUT2D eigenvalue weighted by Gasteiger charge is -2.13. The van der Waals surface area contributed by atoms with Crippen LogP contribution in [0, 0.1) is 0 Å². The second-order valence-corrected chi connectivity index (χ2v) is 9.89. The molecule has 0 saturated heterocycles. The number of hydrogen-bond acceptors (Lipinski definition) is 7. The Kier molecular flexibility index (Phi) is 5.98. The summed E-state index contributed by atoms with van der Waals surface area (Å²) in [4.78, 5) is 16.8. The molecule has 148 valence electrons. The minimum atomic E-state index is -3.70. The Labute approximate surface area is 175 Å². The van der Waals surface area contributed by atoms with Gasteiger partial charge >= 0.3 is 5.97 Å². The molecule has 0 aliphatic rings. The summed E-state index contributed by atoms with van der Waals surface area (Å²) < 4.78 is 33.2. The number of halogens is 1. The number of esters is 1. The fourth-order valence-electron chi connectivity index (χ4n) is 2.29. The normalized spacial score (nSPS) is 11.8. The first-order valence-electron chi connectivity index (χ1n) is 8.01. The van der Waals surface area contributed by atoms with Crippen LogP contribution in [0.3, 0.4) is 0 Å². The van der Waals surface area contributed by atoms with Gasteiger partial charge in [0.05, 0.1) is 22.3 Å². The molecule has 0 fully saturated rings. The predicted molar refractivity (Wildman–Crippen MR) is 108 cm³/mol. The lowest BCUT2D eigenvalue weighted by molar-refractivity contribution is 0.0468. The highest BCUT2D eigenvalue weighted by Gasteiger charge is 2.22. The van der Waals surface area contributed by atoms with E-state index in [1.807, 2.05) is 13.2 Å². The van der Waals surface area contributed by atoms with E-state index >= 15 is 0 Å². The lowest BCUT2D eigenvalue weighted by Crippen LogP contribution is -2.23. The molecule has 3 aromatic rings. The molecule has 0 unspecified atom stereocenters. The first kappa shape index (κ1) is 20.6. The predicted octanol–water partition coefficient (Wildman–Crippen LogP) is 2.91. The topological polar surface area (TPSA) is 94.4 Å². The second kappa shape index (κ2) is 8.11. The van der Waals surface area contributed by atoms with Gasteiger partial charge in [0.2, 0.25) is 10.0 Å². The molecule has 2 heterocycles. The van der Waals surface area contributed by atoms with Gasteiger partial charge in [-0.15, -0.1) is 11.3 Å². The first-order valence-corrected chi connectivity index (χ1v) is 11.1. The Morgan fingerprint density at radius 1 is 1.36 bits per heavy atom. The molecule has 0 atom stereocenters. The summed E-state index contributed by atoms with van der Waals surface area (Å²) in [5.74, 6) is -0.626. The van der Waals surface area contributed by atoms with Crippen LogP contribution in [0.2, 0.25) is 0 Å². The van der Waals surface area contributed by atoms with Crippen molar-refractivity contribution in [3.05, 3.63) is 51.7 Å². The van der Waals surface area contributed by atoms with Crippen molar-refractivity contribution in [3.8, 4) is 10.6 Å². The van der Waals surface area contributed by atoms with Crippen LogP contribution < -0.4 is 0 Å². The van der Waals surface area contributed by atoms with Crippen LogP contribution in [-0.4, -0.2) is 47.6 Å². The van der Waals surface area contributed by atoms with E-state index < -0.39 is 16.0 Å². The third-order valence-corrected chi connectivity index (χ3v) is 7.53. The maximum absolute atomic E-state index is 12.4. The Bertz CT molecular complexity index is 1120. The van der Waals surface area contributed by atoms with Gasteiger partial charge in [0.15, 0.2) is 0 Å². The van der Waals surface area contributed by atoms with Gasteiger partial charge in [0.1, 0.15) is 11.6 Å². The third-order valence-electron chi connectivity index (χ3n) is 3.78. The zero-order valence-electron chi connectivity index (χ0n) is 15.3. The average molecular weight is 485 g/mol. The maximum Gasteiger partial charge on any atom is 0.338 e. The summed E-state index contributed by atoms with van der Waals surface area (Å²) >= 11 is 4.64. The van der Waals surface area contributed by atoms with Gasteiger partial charge in [-0.2, -0.15) is 5.10 Å². The second-order valence-electron chi connectivity index (χ2n) is 6.06. The molecule has 1 aromatic carbocycles. The molecular weight excluding hydrogens is 468 g/mol. The fraction of sp³-hybridized carbons (Fsp3) is 0.235. The number of hydrogen-bond donors (Lipinski definition) is 0. The van der Waals surface area contributed by atoms with Crippen LogP contribution in [0.4, 0.5) is 0 Å². The van der Waals surface area contributed by atoms with E-state index in [1.54, 1.807) is 16.3 Å². The third kappa shape index (κ3) is 4.32. The summed E-state index contributed by atoms with van der Waals surface area (Å²) in [5.41, 5.74) is 1.64. The highest BCUT2D eigenvalue weighted by molar-refractivity contribution is 9.10. The fourth-order valence-corrected chi connectivity index (χ4v) is 4.91. The smallest absolute Gasteiger partial charge is 0.338 e. The molecule has 28 heavy (non-hydrogen) atoms. The molecule has 8 nitrogen and oxygen atoms in total. The highest BCUT2D eigenvalue weighted by Crippen LogP contribution is 2.26. The average Bonchev–Trinajstić information content (AvgIpc) is 3.28. The Morgan fingerprint density at radius 2 is 2.11 bits per heavy atom. The van der Waals surface area contributed by atoms with Gasteiger partial charge in [-0.3, -0.25) is 4.68 Å². The van der Waals surface area contributed by atoms with E-state index in [-0.39, 0.29) is 17.1 Å². The molecule has 3 rings (SSSR count). The number of thiazole rings is 1. The molecular formula is C17H17BrN4O4S2. The van der Waals surface area contributed by atoms with Gasteiger partial charge < -0.3 is 4.74 Å². The van der Waals surface area contributed by atoms with E-state index in [4.69, 9.17) is 4.74 Å². The SMILES string of the molecule is CN(C)S(=O)(=O)c1cc(C(=O)OCc2csc(-c3cnn(C)c3)n2)ccc1Br. The van der Waals surface area contributed by atoms with Gasteiger partial charge in [-0.25, -0.2) is 22.5 Å². The largest absolute Gasteiger partial charge is 0.456 e. The Morgan fingerprint density at radius 3 is 2.75 bits per heavy atom. The van der Waals surface area contributed by atoms with Crippen molar-refractivity contribution in [2.75, 3.05) is 14.1 Å². The van der Waals surface area contributed by atoms with Crippen molar-refractivity contribution in [3.63, 3.8) is 0 Å². The lowest BCUT2D eigenvalue weighted by atomic mass is 10.2. The van der Waals surface area contributed by atoms with Crippen molar-refractivity contribution < 1.29 is 17.9 Å². The number of rotatable bonds is 6. The molecule has 11 heteroatoms. The number of carbonyl (C=O) groups is 1. The molecule has 0 amide bonds. The zero-order chi connectivity index (χ0) is 20.5. The number of carbonyl (C=O) groups excluding carboxylic acids is 1. The van der Waals surface area contributed by atoms with Crippen LogP contribution in [-0.2, 0) is 28.4 Å². The Hall–Kier alpha value is -2.08. The summed E-state index contributed by atoms with van der Waals surface area (Å²) in [5, 5.41) is 6.69. The van der Waals surface area contributed by atoms with Gasteiger partial charge in [-0.05, 0) is 34.1 Å². The monoisotopic (exact) mass is 484 g/mol. The summed E-state index contributed by atoms with van der Waals surface area (Å²) in [6, 6.07) is 4.31. The van der Waals surface area contributed by atoms with Crippen LogP contribution in [0.1, 0.15) is 16.1 Å². The van der Waals surface area contributed by atoms with Crippen LogP contribution in [0.25, 0.3) is 10.6 Å². The molecule has 0 bridgehead atoms. The maximum atomic E-state index is 12.4.